The molecule has 1 atom stereocenters. The van der Waals surface area contributed by atoms with Crippen LogP contribution in [0.4, 0.5) is 10.5 Å². The number of carbonyl (C=O) groups is 1. The van der Waals surface area contributed by atoms with Gasteiger partial charge in [0.15, 0.2) is 11.5 Å². The van der Waals surface area contributed by atoms with Gasteiger partial charge in [-0.15, -0.1) is 11.3 Å². The Hall–Kier alpha value is -2.99. The molecule has 0 saturated heterocycles. The quantitative estimate of drug-likeness (QED) is 0.704. The van der Waals surface area contributed by atoms with Crippen LogP contribution in [0.2, 0.25) is 0 Å². The number of aryl methyl sites for hydroxylation is 1. The van der Waals surface area contributed by atoms with E-state index in [0.29, 0.717) is 17.2 Å². The molecule has 3 aromatic rings. The third kappa shape index (κ3) is 3.50. The van der Waals surface area contributed by atoms with E-state index in [1.807, 2.05) is 48.7 Å². The van der Waals surface area contributed by atoms with Crippen molar-refractivity contribution in [2.75, 3.05) is 12.1 Å². The molecule has 1 aliphatic rings. The van der Waals surface area contributed by atoms with E-state index >= 15 is 0 Å². The van der Waals surface area contributed by atoms with Crippen LogP contribution in [0.1, 0.15) is 22.0 Å². The largest absolute Gasteiger partial charge is 0.454 e. The highest BCUT2D eigenvalue weighted by Gasteiger charge is 2.19. The van der Waals surface area contributed by atoms with Crippen LogP contribution in [0.5, 0.6) is 11.5 Å². The zero-order valence-corrected chi connectivity index (χ0v) is 15.0. The van der Waals surface area contributed by atoms with Crippen LogP contribution in [0.3, 0.4) is 0 Å². The summed E-state index contributed by atoms with van der Waals surface area (Å²) < 4.78 is 10.6. The molecule has 132 valence electrons. The second-order valence-electron chi connectivity index (χ2n) is 6.03. The van der Waals surface area contributed by atoms with E-state index in [1.165, 1.54) is 5.56 Å². The Labute approximate surface area is 155 Å². The number of thiophene rings is 1. The van der Waals surface area contributed by atoms with E-state index in [2.05, 4.69) is 10.6 Å². The fourth-order valence-corrected chi connectivity index (χ4v) is 3.61. The van der Waals surface area contributed by atoms with E-state index in [1.54, 1.807) is 29.5 Å². The summed E-state index contributed by atoms with van der Waals surface area (Å²) in [4.78, 5) is 13.6. The van der Waals surface area contributed by atoms with Crippen molar-refractivity contribution in [1.29, 1.82) is 0 Å². The van der Waals surface area contributed by atoms with Gasteiger partial charge in [0.2, 0.25) is 6.79 Å². The van der Waals surface area contributed by atoms with Gasteiger partial charge < -0.3 is 20.1 Å². The number of carbonyl (C=O) groups excluding carboxylic acids is 1. The molecule has 0 radical (unpaired) electrons. The van der Waals surface area contributed by atoms with Crippen LogP contribution in [-0.2, 0) is 0 Å². The lowest BCUT2D eigenvalue weighted by Gasteiger charge is -2.19. The van der Waals surface area contributed by atoms with Crippen LogP contribution >= 0.6 is 11.3 Å². The summed E-state index contributed by atoms with van der Waals surface area (Å²) in [6.45, 7) is 2.25. The van der Waals surface area contributed by atoms with E-state index in [4.69, 9.17) is 9.47 Å². The third-order valence-corrected chi connectivity index (χ3v) is 5.08. The van der Waals surface area contributed by atoms with Crippen molar-refractivity contribution in [2.45, 2.75) is 13.0 Å². The summed E-state index contributed by atoms with van der Waals surface area (Å²) in [7, 11) is 0. The molecule has 0 spiro atoms. The molecule has 26 heavy (non-hydrogen) atoms. The van der Waals surface area contributed by atoms with Gasteiger partial charge in [0.1, 0.15) is 0 Å². The zero-order chi connectivity index (χ0) is 17.9. The van der Waals surface area contributed by atoms with Crippen molar-refractivity contribution in [2.24, 2.45) is 0 Å². The van der Waals surface area contributed by atoms with Gasteiger partial charge in [-0.1, -0.05) is 35.9 Å². The van der Waals surface area contributed by atoms with E-state index < -0.39 is 0 Å². The first-order valence-electron chi connectivity index (χ1n) is 8.26. The topological polar surface area (TPSA) is 59.6 Å². The molecular formula is C20H18N2O3S. The number of hydrogen-bond donors (Lipinski definition) is 2. The minimum atomic E-state index is -0.275. The molecule has 2 N–H and O–H groups in total. The smallest absolute Gasteiger partial charge is 0.320 e. The molecule has 1 aliphatic heterocycles. The molecule has 0 unspecified atom stereocenters. The van der Waals surface area contributed by atoms with Crippen LogP contribution in [0, 0.1) is 6.92 Å². The number of urea groups is 1. The standard InChI is InChI=1S/C20H18N2O3S/c1-13-4-6-14(7-5-13)19(18-3-2-10-26-18)22-20(23)21-15-8-9-16-17(11-15)25-12-24-16/h2-11,19H,12H2,1H3,(H2,21,22,23)/t19-/m1/s1. The number of benzene rings is 2. The predicted octanol–water partition coefficient (Wildman–Crippen LogP) is 4.70. The molecule has 1 aromatic heterocycles. The van der Waals surface area contributed by atoms with E-state index in [0.717, 1.165) is 10.4 Å². The molecule has 0 saturated carbocycles. The van der Waals surface area contributed by atoms with Gasteiger partial charge in [0.05, 0.1) is 6.04 Å². The molecule has 4 rings (SSSR count). The lowest BCUT2D eigenvalue weighted by atomic mass is 10.0. The molecule has 2 aromatic carbocycles. The number of rotatable bonds is 4. The number of ether oxygens (including phenoxy) is 2. The first-order chi connectivity index (χ1) is 12.7. The Bertz CT molecular complexity index is 907. The zero-order valence-electron chi connectivity index (χ0n) is 14.2. The summed E-state index contributed by atoms with van der Waals surface area (Å²) >= 11 is 1.62. The van der Waals surface area contributed by atoms with Gasteiger partial charge in [-0.2, -0.15) is 0 Å². The highest BCUT2D eigenvalue weighted by molar-refractivity contribution is 7.10. The number of amides is 2. The molecule has 2 heterocycles. The summed E-state index contributed by atoms with van der Waals surface area (Å²) in [5, 5.41) is 7.93. The monoisotopic (exact) mass is 366 g/mol. The highest BCUT2D eigenvalue weighted by atomic mass is 32.1. The van der Waals surface area contributed by atoms with Gasteiger partial charge in [-0.3, -0.25) is 0 Å². The summed E-state index contributed by atoms with van der Waals surface area (Å²) in [5.74, 6) is 1.32. The van der Waals surface area contributed by atoms with Gasteiger partial charge >= 0.3 is 6.03 Å². The van der Waals surface area contributed by atoms with Crippen LogP contribution in [-0.4, -0.2) is 12.8 Å². The number of fused-ring (bicyclic) bond motifs is 1. The molecule has 5 nitrogen and oxygen atoms in total. The van der Waals surface area contributed by atoms with Gasteiger partial charge in [-0.25, -0.2) is 4.79 Å². The molecule has 6 heteroatoms. The van der Waals surface area contributed by atoms with Gasteiger partial charge in [-0.05, 0) is 36.1 Å². The van der Waals surface area contributed by atoms with Crippen molar-refractivity contribution in [3.63, 3.8) is 0 Å². The predicted molar refractivity (Wildman–Crippen MR) is 102 cm³/mol. The summed E-state index contributed by atoms with van der Waals surface area (Å²) in [6.07, 6.45) is 0. The Kier molecular flexibility index (Phi) is 4.50. The van der Waals surface area contributed by atoms with E-state index in [9.17, 15) is 4.79 Å². The second-order valence-corrected chi connectivity index (χ2v) is 7.00. The van der Waals surface area contributed by atoms with Crippen molar-refractivity contribution in [1.82, 2.24) is 5.32 Å². The lowest BCUT2D eigenvalue weighted by Crippen LogP contribution is -2.32. The molecule has 2 amide bonds. The highest BCUT2D eigenvalue weighted by Crippen LogP contribution is 2.34. The first-order valence-corrected chi connectivity index (χ1v) is 9.14. The summed E-state index contributed by atoms with van der Waals surface area (Å²) in [5.41, 5.74) is 2.88. The number of hydrogen-bond acceptors (Lipinski definition) is 4. The number of anilines is 1. The SMILES string of the molecule is Cc1ccc([C@@H](NC(=O)Nc2ccc3c(c2)OCO3)c2cccs2)cc1. The second kappa shape index (κ2) is 7.09. The lowest BCUT2D eigenvalue weighted by molar-refractivity contribution is 0.174. The molecular weight excluding hydrogens is 348 g/mol. The number of nitrogens with one attached hydrogen (secondary N) is 2. The Morgan fingerprint density at radius 3 is 2.65 bits per heavy atom. The maximum absolute atomic E-state index is 12.6. The average molecular weight is 366 g/mol. The maximum Gasteiger partial charge on any atom is 0.320 e. The van der Waals surface area contributed by atoms with Crippen molar-refractivity contribution in [3.05, 3.63) is 76.0 Å². The Morgan fingerprint density at radius 1 is 1.08 bits per heavy atom. The van der Waals surface area contributed by atoms with Crippen molar-refractivity contribution >= 4 is 23.1 Å². The van der Waals surface area contributed by atoms with Gasteiger partial charge in [0, 0.05) is 16.6 Å². The fraction of sp³-hybridized carbons (Fsp3) is 0.150. The first kappa shape index (κ1) is 16.5. The van der Waals surface area contributed by atoms with Crippen molar-refractivity contribution < 1.29 is 14.3 Å². The van der Waals surface area contributed by atoms with Crippen LogP contribution in [0.15, 0.2) is 60.0 Å². The molecule has 0 bridgehead atoms. The maximum atomic E-state index is 12.6. The Balaban J connectivity index is 1.52. The normalized spacial score (nSPS) is 13.3. The van der Waals surface area contributed by atoms with Gasteiger partial charge in [0.25, 0.3) is 0 Å². The molecule has 0 fully saturated rings. The van der Waals surface area contributed by atoms with Crippen LogP contribution in [0.25, 0.3) is 0 Å². The summed E-state index contributed by atoms with van der Waals surface area (Å²) in [6, 6.07) is 17.0. The minimum absolute atomic E-state index is 0.204. The third-order valence-electron chi connectivity index (χ3n) is 4.14. The van der Waals surface area contributed by atoms with Crippen molar-refractivity contribution in [3.8, 4) is 11.5 Å². The van der Waals surface area contributed by atoms with Crippen LogP contribution < -0.4 is 20.1 Å². The van der Waals surface area contributed by atoms with E-state index in [-0.39, 0.29) is 18.9 Å². The Morgan fingerprint density at radius 2 is 1.88 bits per heavy atom. The average Bonchev–Trinajstić information content (AvgIpc) is 3.32. The minimum Gasteiger partial charge on any atom is -0.454 e. The fourth-order valence-electron chi connectivity index (χ4n) is 2.81. The molecule has 0 aliphatic carbocycles.